The molecule has 15 heavy (non-hydrogen) atoms. The average Bonchev–Trinajstić information content (AvgIpc) is 2.30. The normalized spacial score (nSPS) is 13.9. The largest absolute Gasteiger partial charge is 0.496 e. The molecule has 0 spiro atoms. The monoisotopic (exact) mass is 202 g/mol. The average molecular weight is 202 g/mol. The van der Waals surface area contributed by atoms with E-state index in [0.29, 0.717) is 0 Å². The SMILES string of the molecule is COc1cccc(N2C=CC=CN2)c1C. The molecule has 1 aromatic carbocycles. The Morgan fingerprint density at radius 2 is 2.13 bits per heavy atom. The van der Waals surface area contributed by atoms with Crippen LogP contribution < -0.4 is 15.2 Å². The molecule has 0 radical (unpaired) electrons. The van der Waals surface area contributed by atoms with E-state index in [1.807, 2.05) is 54.7 Å². The summed E-state index contributed by atoms with van der Waals surface area (Å²) in [6.07, 6.45) is 7.79. The fraction of sp³-hybridized carbons (Fsp3) is 0.167. The molecule has 0 bridgehead atoms. The first kappa shape index (κ1) is 9.65. The van der Waals surface area contributed by atoms with E-state index in [2.05, 4.69) is 5.43 Å². The van der Waals surface area contributed by atoms with Gasteiger partial charge >= 0.3 is 0 Å². The number of allylic oxidation sites excluding steroid dienone is 2. The van der Waals surface area contributed by atoms with Crippen LogP contribution in [0.1, 0.15) is 5.56 Å². The molecule has 0 aromatic heterocycles. The Balaban J connectivity index is 2.35. The van der Waals surface area contributed by atoms with Gasteiger partial charge in [0.05, 0.1) is 12.8 Å². The summed E-state index contributed by atoms with van der Waals surface area (Å²) in [4.78, 5) is 0. The number of hydrazine groups is 1. The zero-order valence-electron chi connectivity index (χ0n) is 8.90. The van der Waals surface area contributed by atoms with Gasteiger partial charge in [-0.25, -0.2) is 0 Å². The summed E-state index contributed by atoms with van der Waals surface area (Å²) in [6, 6.07) is 5.99. The predicted octanol–water partition coefficient (Wildman–Crippen LogP) is 2.36. The highest BCUT2D eigenvalue weighted by Crippen LogP contribution is 2.27. The van der Waals surface area contributed by atoms with Crippen molar-refractivity contribution in [2.24, 2.45) is 0 Å². The number of ether oxygens (including phenoxy) is 1. The molecule has 3 nitrogen and oxygen atoms in total. The maximum atomic E-state index is 5.28. The first-order valence-electron chi connectivity index (χ1n) is 4.85. The van der Waals surface area contributed by atoms with Crippen molar-refractivity contribution in [3.63, 3.8) is 0 Å². The van der Waals surface area contributed by atoms with Gasteiger partial charge in [0.1, 0.15) is 5.75 Å². The lowest BCUT2D eigenvalue weighted by molar-refractivity contribution is 0.411. The highest BCUT2D eigenvalue weighted by molar-refractivity contribution is 5.60. The number of rotatable bonds is 2. The van der Waals surface area contributed by atoms with Gasteiger partial charge in [0.25, 0.3) is 0 Å². The molecular weight excluding hydrogens is 188 g/mol. The van der Waals surface area contributed by atoms with E-state index < -0.39 is 0 Å². The van der Waals surface area contributed by atoms with Crippen LogP contribution in [0.25, 0.3) is 0 Å². The third-order valence-electron chi connectivity index (χ3n) is 2.39. The molecule has 3 heteroatoms. The van der Waals surface area contributed by atoms with E-state index in [4.69, 9.17) is 4.74 Å². The number of hydrogen-bond acceptors (Lipinski definition) is 3. The van der Waals surface area contributed by atoms with Gasteiger partial charge in [0, 0.05) is 18.0 Å². The summed E-state index contributed by atoms with van der Waals surface area (Å²) in [5, 5.41) is 1.96. The Morgan fingerprint density at radius 3 is 2.80 bits per heavy atom. The van der Waals surface area contributed by atoms with Gasteiger partial charge in [-0.15, -0.1) is 0 Å². The molecule has 0 saturated heterocycles. The van der Waals surface area contributed by atoms with E-state index in [1.54, 1.807) is 7.11 Å². The Bertz CT molecular complexity index is 410. The number of benzene rings is 1. The van der Waals surface area contributed by atoms with Crippen molar-refractivity contribution < 1.29 is 4.74 Å². The maximum Gasteiger partial charge on any atom is 0.123 e. The van der Waals surface area contributed by atoms with Gasteiger partial charge in [0.2, 0.25) is 0 Å². The van der Waals surface area contributed by atoms with Gasteiger partial charge in [-0.1, -0.05) is 6.07 Å². The summed E-state index contributed by atoms with van der Waals surface area (Å²) in [5.74, 6) is 0.900. The summed E-state index contributed by atoms with van der Waals surface area (Å²) in [6.45, 7) is 2.04. The van der Waals surface area contributed by atoms with E-state index in [1.165, 1.54) is 0 Å². The summed E-state index contributed by atoms with van der Waals surface area (Å²) in [5.41, 5.74) is 5.35. The lowest BCUT2D eigenvalue weighted by atomic mass is 10.1. The molecule has 0 aliphatic carbocycles. The maximum absolute atomic E-state index is 5.28. The van der Waals surface area contributed by atoms with Crippen molar-refractivity contribution in [3.8, 4) is 5.75 Å². The van der Waals surface area contributed by atoms with Gasteiger partial charge in [-0.05, 0) is 31.2 Å². The molecule has 0 atom stereocenters. The van der Waals surface area contributed by atoms with Crippen LogP contribution in [-0.2, 0) is 0 Å². The predicted molar refractivity (Wildman–Crippen MR) is 61.6 cm³/mol. The summed E-state index contributed by atoms with van der Waals surface area (Å²) >= 11 is 0. The summed E-state index contributed by atoms with van der Waals surface area (Å²) < 4.78 is 5.28. The van der Waals surface area contributed by atoms with Crippen LogP contribution in [0, 0.1) is 6.92 Å². The number of hydrogen-bond donors (Lipinski definition) is 1. The van der Waals surface area contributed by atoms with Gasteiger partial charge in [-0.3, -0.25) is 5.01 Å². The van der Waals surface area contributed by atoms with Gasteiger partial charge < -0.3 is 10.2 Å². The molecule has 0 amide bonds. The number of anilines is 1. The second-order valence-electron chi connectivity index (χ2n) is 3.30. The minimum Gasteiger partial charge on any atom is -0.496 e. The number of nitrogens with zero attached hydrogens (tertiary/aromatic N) is 1. The van der Waals surface area contributed by atoms with Crippen LogP contribution >= 0.6 is 0 Å². The van der Waals surface area contributed by atoms with Crippen molar-refractivity contribution in [1.82, 2.24) is 5.43 Å². The smallest absolute Gasteiger partial charge is 0.123 e. The third-order valence-corrected chi connectivity index (χ3v) is 2.39. The van der Waals surface area contributed by atoms with Crippen molar-refractivity contribution >= 4 is 5.69 Å². The Labute approximate surface area is 89.6 Å². The molecule has 78 valence electrons. The lowest BCUT2D eigenvalue weighted by Gasteiger charge is -2.24. The van der Waals surface area contributed by atoms with Gasteiger partial charge in [0.15, 0.2) is 0 Å². The Kier molecular flexibility index (Phi) is 2.63. The highest BCUT2D eigenvalue weighted by Gasteiger charge is 2.09. The fourth-order valence-corrected chi connectivity index (χ4v) is 1.59. The zero-order valence-corrected chi connectivity index (χ0v) is 8.90. The molecule has 0 fully saturated rings. The molecule has 0 unspecified atom stereocenters. The minimum absolute atomic E-state index is 0.900. The first-order valence-corrected chi connectivity index (χ1v) is 4.85. The summed E-state index contributed by atoms with van der Waals surface area (Å²) in [7, 11) is 1.69. The van der Waals surface area contributed by atoms with E-state index in [0.717, 1.165) is 17.0 Å². The van der Waals surface area contributed by atoms with E-state index >= 15 is 0 Å². The van der Waals surface area contributed by atoms with Crippen molar-refractivity contribution in [3.05, 3.63) is 48.3 Å². The molecular formula is C12H14N2O. The van der Waals surface area contributed by atoms with Crippen LogP contribution in [0.3, 0.4) is 0 Å². The Hall–Kier alpha value is -1.90. The minimum atomic E-state index is 0.900. The van der Waals surface area contributed by atoms with Crippen LogP contribution in [0.5, 0.6) is 5.75 Å². The van der Waals surface area contributed by atoms with E-state index in [-0.39, 0.29) is 0 Å². The topological polar surface area (TPSA) is 24.5 Å². The van der Waals surface area contributed by atoms with Crippen LogP contribution in [0.15, 0.2) is 42.8 Å². The van der Waals surface area contributed by atoms with Crippen molar-refractivity contribution in [2.45, 2.75) is 6.92 Å². The van der Waals surface area contributed by atoms with Crippen molar-refractivity contribution in [1.29, 1.82) is 0 Å². The Morgan fingerprint density at radius 1 is 1.27 bits per heavy atom. The molecule has 1 aliphatic heterocycles. The first-order chi connectivity index (χ1) is 7.33. The van der Waals surface area contributed by atoms with Crippen molar-refractivity contribution in [2.75, 3.05) is 12.1 Å². The van der Waals surface area contributed by atoms with Crippen LogP contribution in [0.4, 0.5) is 5.69 Å². The van der Waals surface area contributed by atoms with E-state index in [9.17, 15) is 0 Å². The molecule has 1 aliphatic rings. The second-order valence-corrected chi connectivity index (χ2v) is 3.30. The molecule has 1 aromatic rings. The zero-order chi connectivity index (χ0) is 10.7. The van der Waals surface area contributed by atoms with Crippen LogP contribution in [0.2, 0.25) is 0 Å². The number of methoxy groups -OCH3 is 1. The molecule has 0 saturated carbocycles. The molecule has 1 heterocycles. The fourth-order valence-electron chi connectivity index (χ4n) is 1.59. The van der Waals surface area contributed by atoms with Crippen LogP contribution in [-0.4, -0.2) is 7.11 Å². The molecule has 2 rings (SSSR count). The molecule has 1 N–H and O–H groups in total. The standard InChI is InChI=1S/C12H14N2O/c1-10-11(6-5-7-12(10)15-2)14-9-4-3-8-13-14/h3-9,13H,1-2H3. The quantitative estimate of drug-likeness (QED) is 0.796. The third kappa shape index (κ3) is 1.81. The van der Waals surface area contributed by atoms with Gasteiger partial charge in [-0.2, -0.15) is 0 Å². The highest BCUT2D eigenvalue weighted by atomic mass is 16.5. The number of nitrogens with one attached hydrogen (secondary N) is 1. The second kappa shape index (κ2) is 4.09. The lowest BCUT2D eigenvalue weighted by Crippen LogP contribution is -2.30.